The molecule has 1 fully saturated rings. The van der Waals surface area contributed by atoms with Gasteiger partial charge in [0, 0.05) is 5.69 Å². The Balaban J connectivity index is 1.71. The van der Waals surface area contributed by atoms with Crippen molar-refractivity contribution < 1.29 is 18.8 Å². The summed E-state index contributed by atoms with van der Waals surface area (Å²) in [6, 6.07) is 8.63. The molecule has 8 heteroatoms. The van der Waals surface area contributed by atoms with Gasteiger partial charge in [0.2, 0.25) is 0 Å². The predicted octanol–water partition coefficient (Wildman–Crippen LogP) is 1.42. The monoisotopic (exact) mass is 389 g/mol. The molecule has 6 nitrogen and oxygen atoms in total. The summed E-state index contributed by atoms with van der Waals surface area (Å²) >= 11 is 1.12. The fourth-order valence-corrected chi connectivity index (χ4v) is 4.23. The number of halogens is 1. The molecule has 0 bridgehead atoms. The number of anilines is 2. The van der Waals surface area contributed by atoms with Gasteiger partial charge in [0.05, 0.1) is 43.9 Å². The van der Waals surface area contributed by atoms with E-state index in [0.717, 1.165) is 43.2 Å². The van der Waals surface area contributed by atoms with Crippen molar-refractivity contribution in [2.45, 2.75) is 13.5 Å². The van der Waals surface area contributed by atoms with Gasteiger partial charge in [-0.15, -0.1) is 11.3 Å². The van der Waals surface area contributed by atoms with Gasteiger partial charge >= 0.3 is 5.97 Å². The second-order valence-corrected chi connectivity index (χ2v) is 7.42. The van der Waals surface area contributed by atoms with Crippen LogP contribution in [0.2, 0.25) is 0 Å². The number of nitrogen functional groups attached to an aromatic ring is 1. The van der Waals surface area contributed by atoms with Crippen molar-refractivity contribution in [3.8, 4) is 6.07 Å². The highest BCUT2D eigenvalue weighted by molar-refractivity contribution is 7.18. The van der Waals surface area contributed by atoms with Crippen molar-refractivity contribution in [2.24, 2.45) is 0 Å². The largest absolute Gasteiger partial charge is 0.462 e. The first-order valence-electron chi connectivity index (χ1n) is 8.86. The number of nitrogens with zero attached hydrogens (tertiary/aromatic N) is 2. The van der Waals surface area contributed by atoms with Crippen LogP contribution < -0.4 is 15.5 Å². The van der Waals surface area contributed by atoms with E-state index >= 15 is 0 Å². The Morgan fingerprint density at radius 2 is 2.04 bits per heavy atom. The number of ether oxygens (including phenoxy) is 1. The third-order valence-corrected chi connectivity index (χ3v) is 5.74. The van der Waals surface area contributed by atoms with E-state index in [4.69, 9.17) is 10.5 Å². The van der Waals surface area contributed by atoms with E-state index in [1.165, 1.54) is 17.0 Å². The summed E-state index contributed by atoms with van der Waals surface area (Å²) in [6.45, 7) is 5.91. The Labute approximate surface area is 161 Å². The molecule has 0 spiro atoms. The quantitative estimate of drug-likeness (QED) is 0.756. The van der Waals surface area contributed by atoms with Crippen LogP contribution in [0.1, 0.15) is 27.7 Å². The number of hydrogen-bond acceptors (Lipinski definition) is 6. The van der Waals surface area contributed by atoms with Gasteiger partial charge in [-0.3, -0.25) is 0 Å². The highest BCUT2D eigenvalue weighted by atomic mass is 32.1. The van der Waals surface area contributed by atoms with Crippen molar-refractivity contribution in [3.63, 3.8) is 0 Å². The molecule has 0 saturated carbocycles. The zero-order valence-corrected chi connectivity index (χ0v) is 15.9. The second kappa shape index (κ2) is 8.37. The molecule has 1 aromatic carbocycles. The molecule has 2 aromatic rings. The molecule has 3 N–H and O–H groups in total. The second-order valence-electron chi connectivity index (χ2n) is 6.37. The molecule has 1 aromatic heterocycles. The van der Waals surface area contributed by atoms with Crippen LogP contribution in [0.25, 0.3) is 0 Å². The van der Waals surface area contributed by atoms with Gasteiger partial charge in [0.25, 0.3) is 0 Å². The van der Waals surface area contributed by atoms with Gasteiger partial charge < -0.3 is 20.3 Å². The molecule has 1 aliphatic heterocycles. The molecule has 0 amide bonds. The normalized spacial score (nSPS) is 14.8. The summed E-state index contributed by atoms with van der Waals surface area (Å²) in [5.41, 5.74) is 8.01. The van der Waals surface area contributed by atoms with Gasteiger partial charge in [-0.05, 0) is 31.2 Å². The lowest BCUT2D eigenvalue weighted by Crippen LogP contribution is -3.13. The molecule has 0 unspecified atom stereocenters. The zero-order chi connectivity index (χ0) is 19.4. The Kier molecular flexibility index (Phi) is 5.94. The maximum atomic E-state index is 13.1. The fraction of sp³-hybridized carbons (Fsp3) is 0.368. The number of esters is 1. The van der Waals surface area contributed by atoms with Crippen LogP contribution in [0.5, 0.6) is 0 Å². The van der Waals surface area contributed by atoms with Crippen molar-refractivity contribution in [2.75, 3.05) is 43.4 Å². The molecule has 2 heterocycles. The number of quaternary nitrogens is 1. The summed E-state index contributed by atoms with van der Waals surface area (Å²) in [7, 11) is 0. The number of rotatable bonds is 5. The zero-order valence-electron chi connectivity index (χ0n) is 15.1. The molecule has 0 radical (unpaired) electrons. The number of hydrogen-bond donors (Lipinski definition) is 2. The number of piperazine rings is 1. The van der Waals surface area contributed by atoms with Crippen LogP contribution in [-0.4, -0.2) is 38.8 Å². The lowest BCUT2D eigenvalue weighted by molar-refractivity contribution is -0.914. The van der Waals surface area contributed by atoms with E-state index < -0.39 is 5.97 Å². The summed E-state index contributed by atoms with van der Waals surface area (Å²) in [5, 5.41) is 9.80. The van der Waals surface area contributed by atoms with Crippen molar-refractivity contribution >= 4 is 28.0 Å². The lowest BCUT2D eigenvalue weighted by Gasteiger charge is -2.33. The van der Waals surface area contributed by atoms with Gasteiger partial charge in [-0.25, -0.2) is 9.18 Å². The van der Waals surface area contributed by atoms with Gasteiger partial charge in [0.15, 0.2) is 0 Å². The van der Waals surface area contributed by atoms with Crippen molar-refractivity contribution in [1.29, 1.82) is 5.26 Å². The van der Waals surface area contributed by atoms with E-state index in [9.17, 15) is 14.4 Å². The highest BCUT2D eigenvalue weighted by Crippen LogP contribution is 2.30. The fourth-order valence-electron chi connectivity index (χ4n) is 3.30. The van der Waals surface area contributed by atoms with Crippen LogP contribution in [-0.2, 0) is 11.3 Å². The highest BCUT2D eigenvalue weighted by Gasteiger charge is 2.28. The Morgan fingerprint density at radius 3 is 2.63 bits per heavy atom. The third kappa shape index (κ3) is 4.21. The number of carbonyl (C=O) groups excluding carboxylic acids is 1. The standard InChI is InChI=1S/C19H21FN4O2S/c1-2-26-19(25)17-16(15(11-21)18(22)27-17)12-23-7-9-24(10-8-23)14-5-3-13(20)4-6-14/h3-6H,2,7-10,12,22H2,1H3/p+1. The Morgan fingerprint density at radius 1 is 1.37 bits per heavy atom. The summed E-state index contributed by atoms with van der Waals surface area (Å²) in [5.74, 6) is -0.663. The number of carbonyl (C=O) groups is 1. The molecule has 1 aliphatic rings. The molecule has 1 saturated heterocycles. The molecule has 3 rings (SSSR count). The third-order valence-electron chi connectivity index (χ3n) is 4.70. The van der Waals surface area contributed by atoms with Crippen molar-refractivity contribution in [3.05, 3.63) is 46.1 Å². The molecule has 0 aliphatic carbocycles. The Bertz CT molecular complexity index is 852. The van der Waals surface area contributed by atoms with Gasteiger partial charge in [-0.2, -0.15) is 5.26 Å². The minimum Gasteiger partial charge on any atom is -0.462 e. The smallest absolute Gasteiger partial charge is 0.348 e. The number of nitrogens with two attached hydrogens (primary N) is 1. The minimum atomic E-state index is -0.421. The minimum absolute atomic E-state index is 0.242. The Hall–Kier alpha value is -2.63. The lowest BCUT2D eigenvalue weighted by atomic mass is 10.1. The first-order chi connectivity index (χ1) is 13.0. The molecule has 142 valence electrons. The average molecular weight is 389 g/mol. The van der Waals surface area contributed by atoms with Crippen LogP contribution in [0.15, 0.2) is 24.3 Å². The average Bonchev–Trinajstić information content (AvgIpc) is 2.98. The summed E-state index contributed by atoms with van der Waals surface area (Å²) in [4.78, 5) is 16.1. The maximum Gasteiger partial charge on any atom is 0.348 e. The van der Waals surface area contributed by atoms with Crippen LogP contribution in [0, 0.1) is 17.1 Å². The first kappa shape index (κ1) is 19.1. The SMILES string of the molecule is CCOC(=O)c1sc(N)c(C#N)c1C[NH+]1CCN(c2ccc(F)cc2)CC1. The summed E-state index contributed by atoms with van der Waals surface area (Å²) < 4.78 is 18.2. The van der Waals surface area contributed by atoms with Crippen molar-refractivity contribution in [1.82, 2.24) is 0 Å². The van der Waals surface area contributed by atoms with Crippen LogP contribution in [0.4, 0.5) is 15.1 Å². The van der Waals surface area contributed by atoms with E-state index in [2.05, 4.69) is 11.0 Å². The molecular formula is C19H22FN4O2S+. The van der Waals surface area contributed by atoms with Gasteiger partial charge in [0.1, 0.15) is 28.3 Å². The van der Waals surface area contributed by atoms with E-state index in [1.807, 2.05) is 0 Å². The summed E-state index contributed by atoms with van der Waals surface area (Å²) in [6.07, 6.45) is 0. The van der Waals surface area contributed by atoms with E-state index in [-0.39, 0.29) is 12.4 Å². The molecular weight excluding hydrogens is 367 g/mol. The topological polar surface area (TPSA) is 83.8 Å². The number of thiophene rings is 1. The van der Waals surface area contributed by atoms with Gasteiger partial charge in [-0.1, -0.05) is 0 Å². The molecule has 27 heavy (non-hydrogen) atoms. The van der Waals surface area contributed by atoms with E-state index in [0.29, 0.717) is 27.5 Å². The molecule has 0 atom stereocenters. The number of nitriles is 1. The first-order valence-corrected chi connectivity index (χ1v) is 9.67. The predicted molar refractivity (Wildman–Crippen MR) is 102 cm³/mol. The van der Waals surface area contributed by atoms with E-state index in [1.54, 1.807) is 19.1 Å². The van der Waals surface area contributed by atoms with Crippen LogP contribution >= 0.6 is 11.3 Å². The van der Waals surface area contributed by atoms with Crippen LogP contribution in [0.3, 0.4) is 0 Å². The number of benzene rings is 1. The maximum absolute atomic E-state index is 13.1. The number of nitrogens with one attached hydrogen (secondary N) is 1.